The van der Waals surface area contributed by atoms with E-state index >= 15 is 0 Å². The molecule has 128 valence electrons. The van der Waals surface area contributed by atoms with Crippen molar-refractivity contribution in [2.24, 2.45) is 0 Å². The Bertz CT molecular complexity index is 754. The number of amides is 1. The first-order chi connectivity index (χ1) is 11.3. The number of nitrogen functional groups attached to an aromatic ring is 1. The minimum atomic E-state index is -0.303. The Hall–Kier alpha value is -2.08. The van der Waals surface area contributed by atoms with Crippen molar-refractivity contribution >= 4 is 22.4 Å². The molecule has 1 atom stereocenters. The number of thiazole rings is 1. The summed E-state index contributed by atoms with van der Waals surface area (Å²) < 4.78 is 6.07. The number of aromatic nitrogens is 1. The number of carbonyl (C=O) groups excluding carboxylic acids is 1. The van der Waals surface area contributed by atoms with Gasteiger partial charge in [0.25, 0.3) is 0 Å². The van der Waals surface area contributed by atoms with Gasteiger partial charge in [0.15, 0.2) is 5.13 Å². The number of hydrogen-bond acceptors (Lipinski definition) is 5. The van der Waals surface area contributed by atoms with Crippen molar-refractivity contribution in [1.82, 2.24) is 10.3 Å². The van der Waals surface area contributed by atoms with Gasteiger partial charge >= 0.3 is 0 Å². The summed E-state index contributed by atoms with van der Waals surface area (Å²) in [5, 5.41) is 5.60. The molecule has 0 aliphatic carbocycles. The lowest BCUT2D eigenvalue weighted by Gasteiger charge is -2.38. The number of rotatable bonds is 4. The monoisotopic (exact) mass is 345 g/mol. The van der Waals surface area contributed by atoms with Crippen molar-refractivity contribution in [3.63, 3.8) is 0 Å². The van der Waals surface area contributed by atoms with Crippen LogP contribution in [0.1, 0.15) is 49.6 Å². The van der Waals surface area contributed by atoms with Gasteiger partial charge in [-0.15, -0.1) is 11.3 Å². The molecule has 1 aromatic carbocycles. The highest BCUT2D eigenvalue weighted by Gasteiger charge is 2.34. The molecule has 2 aromatic rings. The summed E-state index contributed by atoms with van der Waals surface area (Å²) in [4.78, 5) is 16.6. The minimum absolute atomic E-state index is 0.0239. The van der Waals surface area contributed by atoms with Crippen LogP contribution in [-0.4, -0.2) is 16.5 Å². The third-order valence-corrected chi connectivity index (χ3v) is 4.86. The molecule has 0 unspecified atom stereocenters. The molecular weight excluding hydrogens is 322 g/mol. The Morgan fingerprint density at radius 1 is 1.50 bits per heavy atom. The summed E-state index contributed by atoms with van der Waals surface area (Å²) in [6.45, 7) is 6.14. The molecule has 0 saturated carbocycles. The maximum atomic E-state index is 12.4. The van der Waals surface area contributed by atoms with Gasteiger partial charge in [0.2, 0.25) is 5.91 Å². The zero-order valence-electron chi connectivity index (χ0n) is 14.3. The van der Waals surface area contributed by atoms with Crippen LogP contribution in [-0.2, 0) is 11.2 Å². The summed E-state index contributed by atoms with van der Waals surface area (Å²) in [7, 11) is 0. The lowest BCUT2D eigenvalue weighted by atomic mass is 9.89. The lowest BCUT2D eigenvalue weighted by Crippen LogP contribution is -2.41. The molecule has 1 aromatic heterocycles. The first-order valence-corrected chi connectivity index (χ1v) is 8.99. The number of nitrogens with two attached hydrogens (primary N) is 1. The molecule has 3 rings (SSSR count). The van der Waals surface area contributed by atoms with Crippen molar-refractivity contribution in [1.29, 1.82) is 0 Å². The first kappa shape index (κ1) is 16.8. The van der Waals surface area contributed by atoms with Gasteiger partial charge in [-0.1, -0.05) is 12.1 Å². The fourth-order valence-corrected chi connectivity index (χ4v) is 3.63. The highest BCUT2D eigenvalue weighted by atomic mass is 32.1. The summed E-state index contributed by atoms with van der Waals surface area (Å²) in [5.74, 6) is 0.889. The number of ether oxygens (including phenoxy) is 1. The van der Waals surface area contributed by atoms with Gasteiger partial charge in [0.1, 0.15) is 11.4 Å². The van der Waals surface area contributed by atoms with Crippen LogP contribution in [0.25, 0.3) is 0 Å². The summed E-state index contributed by atoms with van der Waals surface area (Å²) in [6, 6.07) is 6.11. The summed E-state index contributed by atoms with van der Waals surface area (Å²) in [5.41, 5.74) is 8.39. The predicted octanol–water partition coefficient (Wildman–Crippen LogP) is 3.38. The molecule has 0 bridgehead atoms. The van der Waals surface area contributed by atoms with Gasteiger partial charge in [-0.05, 0) is 38.8 Å². The van der Waals surface area contributed by atoms with E-state index in [1.807, 2.05) is 24.4 Å². The number of carbonyl (C=O) groups is 1. The average molecular weight is 345 g/mol. The van der Waals surface area contributed by atoms with Gasteiger partial charge in [0.05, 0.1) is 11.7 Å². The van der Waals surface area contributed by atoms with Gasteiger partial charge in [0, 0.05) is 23.8 Å². The van der Waals surface area contributed by atoms with E-state index in [4.69, 9.17) is 10.5 Å². The van der Waals surface area contributed by atoms with E-state index in [1.165, 1.54) is 11.3 Å². The molecule has 0 radical (unpaired) electrons. The Morgan fingerprint density at radius 2 is 2.29 bits per heavy atom. The Kier molecular flexibility index (Phi) is 4.49. The van der Waals surface area contributed by atoms with Crippen molar-refractivity contribution in [2.75, 3.05) is 5.73 Å². The van der Waals surface area contributed by atoms with E-state index in [-0.39, 0.29) is 17.6 Å². The molecule has 0 saturated heterocycles. The highest BCUT2D eigenvalue weighted by Crippen LogP contribution is 2.39. The lowest BCUT2D eigenvalue weighted by molar-refractivity contribution is -0.122. The molecule has 5 nitrogen and oxygen atoms in total. The van der Waals surface area contributed by atoms with Gasteiger partial charge in [-0.3, -0.25) is 4.79 Å². The smallest absolute Gasteiger partial charge is 0.220 e. The highest BCUT2D eigenvalue weighted by molar-refractivity contribution is 7.13. The van der Waals surface area contributed by atoms with Crippen LogP contribution in [0.15, 0.2) is 23.6 Å². The van der Waals surface area contributed by atoms with Crippen LogP contribution in [0.5, 0.6) is 5.75 Å². The second kappa shape index (κ2) is 6.43. The summed E-state index contributed by atoms with van der Waals surface area (Å²) >= 11 is 1.40. The molecule has 1 aliphatic rings. The Morgan fingerprint density at radius 3 is 3.00 bits per heavy atom. The van der Waals surface area contributed by atoms with Crippen LogP contribution in [0.2, 0.25) is 0 Å². The summed E-state index contributed by atoms with van der Waals surface area (Å²) in [6.07, 6.45) is 1.76. The standard InChI is InChI=1S/C18H23N3O2S/c1-11-4-6-13-14(9-18(2,3)23-15(13)8-11)21-16(22)7-5-12-10-24-17(19)20-12/h4,6,8,10,14H,5,7,9H2,1-3H3,(H2,19,20)(H,21,22)/t14-/m1/s1. The molecule has 6 heteroatoms. The zero-order valence-corrected chi connectivity index (χ0v) is 15.1. The number of anilines is 1. The first-order valence-electron chi connectivity index (χ1n) is 8.11. The van der Waals surface area contributed by atoms with Gasteiger partial charge < -0.3 is 15.8 Å². The number of fused-ring (bicyclic) bond motifs is 1. The normalized spacial score (nSPS) is 18.5. The van der Waals surface area contributed by atoms with Crippen LogP contribution in [0.4, 0.5) is 5.13 Å². The Balaban J connectivity index is 1.68. The topological polar surface area (TPSA) is 77.2 Å². The van der Waals surface area contributed by atoms with Crippen molar-refractivity contribution < 1.29 is 9.53 Å². The largest absolute Gasteiger partial charge is 0.487 e. The third kappa shape index (κ3) is 3.87. The fourth-order valence-electron chi connectivity index (χ4n) is 3.03. The van der Waals surface area contributed by atoms with Crippen LogP contribution in [0, 0.1) is 6.92 Å². The number of benzene rings is 1. The van der Waals surface area contributed by atoms with Crippen molar-refractivity contribution in [2.45, 2.75) is 51.7 Å². The van der Waals surface area contributed by atoms with Crippen molar-refractivity contribution in [3.05, 3.63) is 40.4 Å². The van der Waals surface area contributed by atoms with E-state index < -0.39 is 0 Å². The van der Waals surface area contributed by atoms with Gasteiger partial charge in [-0.25, -0.2) is 4.98 Å². The maximum absolute atomic E-state index is 12.4. The molecule has 2 heterocycles. The SMILES string of the molecule is Cc1ccc2c(c1)OC(C)(C)C[C@H]2NC(=O)CCc1csc(N)n1. The zero-order chi connectivity index (χ0) is 17.3. The molecule has 0 fully saturated rings. The second-order valence-corrected chi connectivity index (χ2v) is 7.79. The van der Waals surface area contributed by atoms with E-state index in [0.717, 1.165) is 29.0 Å². The molecule has 1 aliphatic heterocycles. The van der Waals surface area contributed by atoms with Gasteiger partial charge in [-0.2, -0.15) is 0 Å². The second-order valence-electron chi connectivity index (χ2n) is 6.90. The van der Waals surface area contributed by atoms with Crippen LogP contribution >= 0.6 is 11.3 Å². The molecule has 24 heavy (non-hydrogen) atoms. The maximum Gasteiger partial charge on any atom is 0.220 e. The number of nitrogens with one attached hydrogen (secondary N) is 1. The molecule has 0 spiro atoms. The van der Waals surface area contributed by atoms with Crippen molar-refractivity contribution in [3.8, 4) is 5.75 Å². The fraction of sp³-hybridized carbons (Fsp3) is 0.444. The molecule has 3 N–H and O–H groups in total. The minimum Gasteiger partial charge on any atom is -0.487 e. The van der Waals surface area contributed by atoms with E-state index in [0.29, 0.717) is 18.0 Å². The van der Waals surface area contributed by atoms with E-state index in [9.17, 15) is 4.79 Å². The van der Waals surface area contributed by atoms with E-state index in [1.54, 1.807) is 0 Å². The van der Waals surface area contributed by atoms with Crippen LogP contribution < -0.4 is 15.8 Å². The number of nitrogens with zero attached hydrogens (tertiary/aromatic N) is 1. The molecule has 1 amide bonds. The average Bonchev–Trinajstić information content (AvgIpc) is 2.89. The van der Waals surface area contributed by atoms with Crippen LogP contribution in [0.3, 0.4) is 0 Å². The number of aryl methyl sites for hydroxylation is 2. The Labute approximate surface area is 146 Å². The quantitative estimate of drug-likeness (QED) is 0.890. The molecular formula is C18H23N3O2S. The van der Waals surface area contributed by atoms with E-state index in [2.05, 4.69) is 30.2 Å². The number of hydrogen-bond donors (Lipinski definition) is 2. The third-order valence-electron chi connectivity index (χ3n) is 4.14. The predicted molar refractivity (Wildman–Crippen MR) is 96.2 cm³/mol.